The molecule has 1 fully saturated rings. The largest absolute Gasteiger partial charge is 0.480 e. The molecule has 3 heterocycles. The summed E-state index contributed by atoms with van der Waals surface area (Å²) in [7, 11) is 1.49. The molecule has 0 unspecified atom stereocenters. The normalized spacial score (nSPS) is 15.0. The zero-order chi connectivity index (χ0) is 17.8. The van der Waals surface area contributed by atoms with Crippen LogP contribution in [0.25, 0.3) is 0 Å². The molecule has 2 N–H and O–H groups in total. The van der Waals surface area contributed by atoms with Crippen LogP contribution >= 0.6 is 0 Å². The maximum absolute atomic E-state index is 12.4. The number of amides is 1. The minimum Gasteiger partial charge on any atom is -0.480 e. The highest BCUT2D eigenvalue weighted by atomic mass is 16.5. The highest BCUT2D eigenvalue weighted by molar-refractivity contribution is 5.96. The molecule has 1 aliphatic rings. The Morgan fingerprint density at radius 1 is 1.40 bits per heavy atom. The third-order valence-corrected chi connectivity index (χ3v) is 4.20. The van der Waals surface area contributed by atoms with Gasteiger partial charge in [-0.2, -0.15) is 0 Å². The van der Waals surface area contributed by atoms with E-state index in [-0.39, 0.29) is 17.5 Å². The monoisotopic (exact) mass is 343 g/mol. The number of piperidine rings is 1. The lowest BCUT2D eigenvalue weighted by atomic mass is 10.0. The van der Waals surface area contributed by atoms with Gasteiger partial charge in [-0.05, 0) is 31.9 Å². The van der Waals surface area contributed by atoms with Crippen molar-refractivity contribution in [2.75, 3.05) is 25.1 Å². The number of hydrogen-bond acceptors (Lipinski definition) is 6. The summed E-state index contributed by atoms with van der Waals surface area (Å²) in [5.74, 6) is 0.716. The molecule has 1 amide bonds. The van der Waals surface area contributed by atoms with Crippen molar-refractivity contribution in [2.24, 2.45) is 0 Å². The summed E-state index contributed by atoms with van der Waals surface area (Å²) >= 11 is 0. The van der Waals surface area contributed by atoms with Crippen molar-refractivity contribution in [3.8, 4) is 5.88 Å². The Bertz CT molecular complexity index is 812. The summed E-state index contributed by atoms with van der Waals surface area (Å²) in [6.07, 6.45) is 3.13. The first-order chi connectivity index (χ1) is 12.1. The molecule has 3 rings (SSSR count). The highest BCUT2D eigenvalue weighted by Crippen LogP contribution is 2.18. The molecule has 0 radical (unpaired) electrons. The van der Waals surface area contributed by atoms with E-state index < -0.39 is 0 Å². The lowest BCUT2D eigenvalue weighted by Gasteiger charge is -2.32. The molecular weight excluding hydrogens is 322 g/mol. The van der Waals surface area contributed by atoms with Crippen molar-refractivity contribution in [1.29, 1.82) is 0 Å². The van der Waals surface area contributed by atoms with Crippen molar-refractivity contribution >= 4 is 11.9 Å². The molecule has 0 aliphatic carbocycles. The van der Waals surface area contributed by atoms with Gasteiger partial charge < -0.3 is 15.0 Å². The van der Waals surface area contributed by atoms with Gasteiger partial charge in [0, 0.05) is 37.1 Å². The van der Waals surface area contributed by atoms with E-state index in [1.165, 1.54) is 13.2 Å². The van der Waals surface area contributed by atoms with Gasteiger partial charge in [0.25, 0.3) is 11.5 Å². The van der Waals surface area contributed by atoms with E-state index in [4.69, 9.17) is 4.74 Å². The molecule has 1 saturated heterocycles. The van der Waals surface area contributed by atoms with Crippen molar-refractivity contribution in [3.05, 3.63) is 46.0 Å². The minimum atomic E-state index is -0.189. The molecule has 2 aromatic heterocycles. The Labute approximate surface area is 145 Å². The maximum atomic E-state index is 12.4. The Morgan fingerprint density at radius 3 is 2.84 bits per heavy atom. The summed E-state index contributed by atoms with van der Waals surface area (Å²) in [6, 6.07) is 4.93. The first-order valence-corrected chi connectivity index (χ1v) is 8.19. The van der Waals surface area contributed by atoms with Gasteiger partial charge in [-0.1, -0.05) is 0 Å². The van der Waals surface area contributed by atoms with Crippen molar-refractivity contribution in [1.82, 2.24) is 20.3 Å². The van der Waals surface area contributed by atoms with Gasteiger partial charge in [-0.3, -0.25) is 14.6 Å². The smallest absolute Gasteiger partial charge is 0.256 e. The topological polar surface area (TPSA) is 100 Å². The fourth-order valence-electron chi connectivity index (χ4n) is 2.94. The molecule has 0 atom stereocenters. The zero-order valence-corrected chi connectivity index (χ0v) is 14.3. The van der Waals surface area contributed by atoms with Crippen LogP contribution in [0.5, 0.6) is 5.88 Å². The summed E-state index contributed by atoms with van der Waals surface area (Å²) in [5, 5.41) is 3.03. The first kappa shape index (κ1) is 16.9. The Morgan fingerprint density at radius 2 is 2.16 bits per heavy atom. The number of hydrogen-bond donors (Lipinski definition) is 2. The van der Waals surface area contributed by atoms with Crippen LogP contribution in [-0.4, -0.2) is 47.1 Å². The lowest BCUT2D eigenvalue weighted by Crippen LogP contribution is -2.45. The number of aromatic nitrogens is 3. The lowest BCUT2D eigenvalue weighted by molar-refractivity contribution is 0.0927. The molecule has 25 heavy (non-hydrogen) atoms. The number of nitrogens with zero attached hydrogens (tertiary/aromatic N) is 3. The summed E-state index contributed by atoms with van der Waals surface area (Å²) in [5.41, 5.74) is 0.969. The average molecular weight is 343 g/mol. The van der Waals surface area contributed by atoms with Gasteiger partial charge in [-0.15, -0.1) is 0 Å². The molecule has 8 nitrogen and oxygen atoms in total. The fourth-order valence-corrected chi connectivity index (χ4v) is 2.94. The van der Waals surface area contributed by atoms with Crippen LogP contribution in [0.3, 0.4) is 0 Å². The molecular formula is C17H21N5O3. The van der Waals surface area contributed by atoms with Gasteiger partial charge in [0.2, 0.25) is 11.8 Å². The second kappa shape index (κ2) is 7.33. The van der Waals surface area contributed by atoms with Gasteiger partial charge in [0.15, 0.2) is 0 Å². The van der Waals surface area contributed by atoms with E-state index >= 15 is 0 Å². The third kappa shape index (κ3) is 3.96. The summed E-state index contributed by atoms with van der Waals surface area (Å²) < 4.78 is 5.13. The second-order valence-corrected chi connectivity index (χ2v) is 6.01. The van der Waals surface area contributed by atoms with Gasteiger partial charge in [0.1, 0.15) is 5.56 Å². The number of rotatable bonds is 4. The first-order valence-electron chi connectivity index (χ1n) is 8.19. The minimum absolute atomic E-state index is 0.0604. The van der Waals surface area contributed by atoms with E-state index in [9.17, 15) is 9.59 Å². The average Bonchev–Trinajstić information content (AvgIpc) is 2.61. The number of methoxy groups -OCH3 is 1. The van der Waals surface area contributed by atoms with E-state index in [2.05, 4.69) is 20.3 Å². The van der Waals surface area contributed by atoms with Crippen molar-refractivity contribution < 1.29 is 9.53 Å². The molecule has 0 bridgehead atoms. The molecule has 2 aromatic rings. The molecule has 0 saturated carbocycles. The third-order valence-electron chi connectivity index (χ3n) is 4.20. The van der Waals surface area contributed by atoms with E-state index in [0.717, 1.165) is 12.8 Å². The van der Waals surface area contributed by atoms with E-state index in [0.29, 0.717) is 36.2 Å². The Balaban J connectivity index is 1.61. The van der Waals surface area contributed by atoms with Gasteiger partial charge in [0.05, 0.1) is 7.11 Å². The quantitative estimate of drug-likeness (QED) is 0.855. The fraction of sp³-hybridized carbons (Fsp3) is 0.412. The van der Waals surface area contributed by atoms with Gasteiger partial charge >= 0.3 is 0 Å². The number of anilines is 1. The maximum Gasteiger partial charge on any atom is 0.256 e. The molecule has 0 spiro atoms. The standard InChI is InChI=1S/C17H21N5O3/c1-11-10-14(23)21-17(19-11)22-8-5-12(6-9-22)20-15(24)13-4-3-7-18-16(13)25-2/h3-4,7,10,12H,5-6,8-9H2,1-2H3,(H,20,24)(H,19,21,23). The van der Waals surface area contributed by atoms with E-state index in [1.807, 2.05) is 4.90 Å². The van der Waals surface area contributed by atoms with Crippen LogP contribution in [0.2, 0.25) is 0 Å². The van der Waals surface area contributed by atoms with Crippen molar-refractivity contribution in [3.63, 3.8) is 0 Å². The SMILES string of the molecule is COc1ncccc1C(=O)NC1CCN(c2nc(C)cc(=O)[nH]2)CC1. The molecule has 0 aromatic carbocycles. The number of carbonyl (C=O) groups is 1. The van der Waals surface area contributed by atoms with E-state index in [1.54, 1.807) is 25.3 Å². The van der Waals surface area contributed by atoms with Crippen molar-refractivity contribution in [2.45, 2.75) is 25.8 Å². The van der Waals surface area contributed by atoms with Crippen LogP contribution in [0, 0.1) is 6.92 Å². The van der Waals surface area contributed by atoms with Crippen LogP contribution < -0.4 is 20.5 Å². The molecule has 8 heteroatoms. The number of pyridine rings is 1. The summed E-state index contributed by atoms with van der Waals surface area (Å²) in [4.78, 5) is 37.2. The number of ether oxygens (including phenoxy) is 1. The van der Waals surface area contributed by atoms with Crippen LogP contribution in [0.1, 0.15) is 28.9 Å². The number of carbonyl (C=O) groups excluding carboxylic acids is 1. The zero-order valence-electron chi connectivity index (χ0n) is 14.3. The Kier molecular flexibility index (Phi) is 4.97. The predicted molar refractivity (Wildman–Crippen MR) is 93.1 cm³/mol. The number of aromatic amines is 1. The predicted octanol–water partition coefficient (Wildman–Crippen LogP) is 0.881. The second-order valence-electron chi connectivity index (χ2n) is 6.01. The number of aryl methyl sites for hydroxylation is 1. The molecule has 1 aliphatic heterocycles. The number of nitrogens with one attached hydrogen (secondary N) is 2. The number of H-pyrrole nitrogens is 1. The van der Waals surface area contributed by atoms with Crippen LogP contribution in [0.4, 0.5) is 5.95 Å². The summed E-state index contributed by atoms with van der Waals surface area (Å²) in [6.45, 7) is 3.22. The molecule has 132 valence electrons. The van der Waals surface area contributed by atoms with Crippen LogP contribution in [-0.2, 0) is 0 Å². The van der Waals surface area contributed by atoms with Crippen LogP contribution in [0.15, 0.2) is 29.2 Å². The van der Waals surface area contributed by atoms with Gasteiger partial charge in [-0.25, -0.2) is 9.97 Å². The Hall–Kier alpha value is -2.90. The highest BCUT2D eigenvalue weighted by Gasteiger charge is 2.23.